The van der Waals surface area contributed by atoms with Gasteiger partial charge < -0.3 is 5.32 Å². The minimum atomic E-state index is 0.0310. The van der Waals surface area contributed by atoms with E-state index in [1.165, 1.54) is 0 Å². The van der Waals surface area contributed by atoms with Gasteiger partial charge in [0.15, 0.2) is 0 Å². The number of rotatable bonds is 2. The molecule has 2 heterocycles. The molecule has 1 atom stereocenters. The lowest BCUT2D eigenvalue weighted by atomic mass is 9.86. The van der Waals surface area contributed by atoms with Crippen LogP contribution in [0.4, 0.5) is 5.82 Å². The minimum Gasteiger partial charge on any atom is -0.310 e. The Balaban J connectivity index is 1.89. The molecule has 0 radical (unpaired) electrons. The van der Waals surface area contributed by atoms with Crippen LogP contribution in [0.5, 0.6) is 0 Å². The third-order valence-electron chi connectivity index (χ3n) is 4.31. The molecular formula is C19H17N3O. The van der Waals surface area contributed by atoms with Gasteiger partial charge in [-0.3, -0.25) is 4.79 Å². The van der Waals surface area contributed by atoms with Crippen LogP contribution in [0.1, 0.15) is 29.2 Å². The Morgan fingerprint density at radius 3 is 2.39 bits per heavy atom. The van der Waals surface area contributed by atoms with Crippen molar-refractivity contribution in [2.45, 2.75) is 19.3 Å². The van der Waals surface area contributed by atoms with E-state index in [0.29, 0.717) is 6.42 Å². The van der Waals surface area contributed by atoms with Crippen molar-refractivity contribution in [1.82, 2.24) is 9.78 Å². The van der Waals surface area contributed by atoms with Crippen LogP contribution in [-0.4, -0.2) is 15.7 Å². The highest BCUT2D eigenvalue weighted by atomic mass is 16.1. The van der Waals surface area contributed by atoms with Crippen molar-refractivity contribution >= 4 is 11.7 Å². The molecular weight excluding hydrogens is 286 g/mol. The SMILES string of the molecule is Cc1nn(-c2ccccc2)c2c1[C@@H](c1ccccc1)CC(=O)N2. The molecule has 1 amide bonds. The molecule has 4 heteroatoms. The molecule has 1 aliphatic heterocycles. The maximum atomic E-state index is 12.3. The number of anilines is 1. The zero-order chi connectivity index (χ0) is 15.8. The number of nitrogens with zero attached hydrogens (tertiary/aromatic N) is 2. The number of nitrogens with one attached hydrogen (secondary N) is 1. The Labute approximate surface area is 134 Å². The molecule has 0 saturated heterocycles. The number of aryl methyl sites for hydroxylation is 1. The summed E-state index contributed by atoms with van der Waals surface area (Å²) in [6, 6.07) is 20.1. The summed E-state index contributed by atoms with van der Waals surface area (Å²) in [6.07, 6.45) is 0.457. The van der Waals surface area contributed by atoms with Gasteiger partial charge >= 0.3 is 0 Å². The quantitative estimate of drug-likeness (QED) is 0.785. The van der Waals surface area contributed by atoms with E-state index >= 15 is 0 Å². The zero-order valence-electron chi connectivity index (χ0n) is 12.9. The van der Waals surface area contributed by atoms with E-state index in [1.54, 1.807) is 0 Å². The molecule has 0 saturated carbocycles. The van der Waals surface area contributed by atoms with Gasteiger partial charge in [-0.25, -0.2) is 4.68 Å². The third-order valence-corrected chi connectivity index (χ3v) is 4.31. The molecule has 4 nitrogen and oxygen atoms in total. The standard InChI is InChI=1S/C19H17N3O/c1-13-18-16(14-8-4-2-5-9-14)12-17(23)20-19(18)22(21-13)15-10-6-3-7-11-15/h2-11,16H,12H2,1H3,(H,20,23)/t16-/m1/s1. The predicted octanol–water partition coefficient (Wildman–Crippen LogP) is 3.65. The van der Waals surface area contributed by atoms with Crippen molar-refractivity contribution in [1.29, 1.82) is 0 Å². The molecule has 0 aliphatic carbocycles. The highest BCUT2D eigenvalue weighted by molar-refractivity contribution is 5.95. The number of carbonyl (C=O) groups is 1. The van der Waals surface area contributed by atoms with Crippen LogP contribution >= 0.6 is 0 Å². The molecule has 1 aromatic heterocycles. The second kappa shape index (κ2) is 5.39. The van der Waals surface area contributed by atoms with E-state index in [1.807, 2.05) is 60.1 Å². The van der Waals surface area contributed by atoms with Crippen LogP contribution in [-0.2, 0) is 4.79 Å². The summed E-state index contributed by atoms with van der Waals surface area (Å²) in [5, 5.41) is 7.68. The number of aromatic nitrogens is 2. The van der Waals surface area contributed by atoms with Gasteiger partial charge in [0.1, 0.15) is 5.82 Å². The predicted molar refractivity (Wildman–Crippen MR) is 89.8 cm³/mol. The van der Waals surface area contributed by atoms with Crippen LogP contribution in [0.25, 0.3) is 5.69 Å². The molecule has 4 rings (SSSR count). The first kappa shape index (κ1) is 13.8. The Bertz CT molecular complexity index is 853. The fourth-order valence-corrected chi connectivity index (χ4v) is 3.27. The van der Waals surface area contributed by atoms with Crippen LogP contribution in [0, 0.1) is 6.92 Å². The summed E-state index contributed by atoms with van der Waals surface area (Å²) >= 11 is 0. The smallest absolute Gasteiger partial charge is 0.226 e. The first-order valence-electron chi connectivity index (χ1n) is 7.74. The average molecular weight is 303 g/mol. The molecule has 3 aromatic rings. The molecule has 114 valence electrons. The number of amides is 1. The van der Waals surface area contributed by atoms with Crippen LogP contribution in [0.2, 0.25) is 0 Å². The summed E-state index contributed by atoms with van der Waals surface area (Å²) in [4.78, 5) is 12.3. The zero-order valence-corrected chi connectivity index (χ0v) is 12.9. The molecule has 1 aliphatic rings. The van der Waals surface area contributed by atoms with Crippen molar-refractivity contribution in [2.24, 2.45) is 0 Å². The van der Waals surface area contributed by atoms with Gasteiger partial charge in [-0.15, -0.1) is 0 Å². The van der Waals surface area contributed by atoms with Crippen LogP contribution in [0.15, 0.2) is 60.7 Å². The summed E-state index contributed by atoms with van der Waals surface area (Å²) in [5.74, 6) is 0.875. The monoisotopic (exact) mass is 303 g/mol. The number of para-hydroxylation sites is 1. The normalized spacial score (nSPS) is 16.7. The van der Waals surface area contributed by atoms with Gasteiger partial charge in [-0.05, 0) is 24.6 Å². The molecule has 2 aromatic carbocycles. The first-order valence-corrected chi connectivity index (χ1v) is 7.74. The van der Waals surface area contributed by atoms with Crippen molar-refractivity contribution in [3.63, 3.8) is 0 Å². The van der Waals surface area contributed by atoms with E-state index in [-0.39, 0.29) is 11.8 Å². The Morgan fingerprint density at radius 2 is 1.70 bits per heavy atom. The Morgan fingerprint density at radius 1 is 1.04 bits per heavy atom. The Kier molecular flexibility index (Phi) is 3.23. The number of benzene rings is 2. The van der Waals surface area contributed by atoms with Crippen molar-refractivity contribution in [3.8, 4) is 5.69 Å². The average Bonchev–Trinajstić information content (AvgIpc) is 2.92. The largest absolute Gasteiger partial charge is 0.310 e. The van der Waals surface area contributed by atoms with E-state index in [2.05, 4.69) is 22.5 Å². The van der Waals surface area contributed by atoms with Gasteiger partial charge in [0.05, 0.1) is 11.4 Å². The lowest BCUT2D eigenvalue weighted by Crippen LogP contribution is -2.24. The highest BCUT2D eigenvalue weighted by Gasteiger charge is 2.32. The van der Waals surface area contributed by atoms with Crippen molar-refractivity contribution in [2.75, 3.05) is 5.32 Å². The minimum absolute atomic E-state index is 0.0310. The van der Waals surface area contributed by atoms with Crippen LogP contribution < -0.4 is 5.32 Å². The van der Waals surface area contributed by atoms with Crippen LogP contribution in [0.3, 0.4) is 0 Å². The lowest BCUT2D eigenvalue weighted by molar-refractivity contribution is -0.116. The topological polar surface area (TPSA) is 46.9 Å². The summed E-state index contributed by atoms with van der Waals surface area (Å²) in [5.41, 5.74) is 4.17. The van der Waals surface area contributed by atoms with E-state index in [4.69, 9.17) is 0 Å². The summed E-state index contributed by atoms with van der Waals surface area (Å²) < 4.78 is 1.83. The maximum Gasteiger partial charge on any atom is 0.226 e. The number of carbonyl (C=O) groups excluding carboxylic acids is 1. The second-order valence-corrected chi connectivity index (χ2v) is 5.81. The first-order chi connectivity index (χ1) is 11.2. The van der Waals surface area contributed by atoms with Gasteiger partial charge in [-0.2, -0.15) is 5.10 Å². The second-order valence-electron chi connectivity index (χ2n) is 5.81. The molecule has 1 N–H and O–H groups in total. The van der Waals surface area contributed by atoms with Gasteiger partial charge in [-0.1, -0.05) is 48.5 Å². The molecule has 0 spiro atoms. The number of hydrogen-bond acceptors (Lipinski definition) is 2. The van der Waals surface area contributed by atoms with E-state index in [0.717, 1.165) is 28.3 Å². The molecule has 0 bridgehead atoms. The number of hydrogen-bond donors (Lipinski definition) is 1. The van der Waals surface area contributed by atoms with E-state index in [9.17, 15) is 4.79 Å². The molecule has 0 unspecified atom stereocenters. The van der Waals surface area contributed by atoms with Gasteiger partial charge in [0, 0.05) is 17.9 Å². The fourth-order valence-electron chi connectivity index (χ4n) is 3.27. The Hall–Kier alpha value is -2.88. The van der Waals surface area contributed by atoms with E-state index < -0.39 is 0 Å². The van der Waals surface area contributed by atoms with Crippen molar-refractivity contribution in [3.05, 3.63) is 77.5 Å². The third kappa shape index (κ3) is 2.32. The summed E-state index contributed by atoms with van der Waals surface area (Å²) in [6.45, 7) is 2.01. The van der Waals surface area contributed by atoms with Gasteiger partial charge in [0.25, 0.3) is 0 Å². The van der Waals surface area contributed by atoms with Crippen molar-refractivity contribution < 1.29 is 4.79 Å². The molecule has 23 heavy (non-hydrogen) atoms. The molecule has 0 fully saturated rings. The summed E-state index contributed by atoms with van der Waals surface area (Å²) in [7, 11) is 0. The fraction of sp³-hybridized carbons (Fsp3) is 0.158. The number of fused-ring (bicyclic) bond motifs is 1. The maximum absolute atomic E-state index is 12.3. The van der Waals surface area contributed by atoms with Gasteiger partial charge in [0.2, 0.25) is 5.91 Å². The highest BCUT2D eigenvalue weighted by Crippen LogP contribution is 2.39. The lowest BCUT2D eigenvalue weighted by Gasteiger charge is -2.24.